The van der Waals surface area contributed by atoms with E-state index < -0.39 is 0 Å². The van der Waals surface area contributed by atoms with E-state index in [1.54, 1.807) is 0 Å². The summed E-state index contributed by atoms with van der Waals surface area (Å²) in [6.07, 6.45) is 5.87. The average molecular weight is 437 g/mol. The van der Waals surface area contributed by atoms with Crippen LogP contribution in [-0.2, 0) is 0 Å². The van der Waals surface area contributed by atoms with E-state index in [4.69, 9.17) is 9.97 Å². The Morgan fingerprint density at radius 3 is 2.12 bits per heavy atom. The van der Waals surface area contributed by atoms with Crippen molar-refractivity contribution in [3.05, 3.63) is 122 Å². The Morgan fingerprint density at radius 1 is 0.559 bits per heavy atom. The van der Waals surface area contributed by atoms with Gasteiger partial charge in [-0.05, 0) is 36.4 Å². The lowest BCUT2D eigenvalue weighted by Gasteiger charge is -2.09. The van der Waals surface area contributed by atoms with Crippen molar-refractivity contribution in [1.29, 1.82) is 0 Å². The third-order valence-corrected chi connectivity index (χ3v) is 6.45. The summed E-state index contributed by atoms with van der Waals surface area (Å²) in [6, 6.07) is 35.8. The van der Waals surface area contributed by atoms with E-state index in [2.05, 4.69) is 94.2 Å². The second-order valence-corrected chi connectivity index (χ2v) is 8.43. The zero-order valence-corrected chi connectivity index (χ0v) is 18.3. The molecule has 4 heteroatoms. The van der Waals surface area contributed by atoms with Crippen LogP contribution in [0.2, 0.25) is 0 Å². The summed E-state index contributed by atoms with van der Waals surface area (Å²) >= 11 is 0. The van der Waals surface area contributed by atoms with Gasteiger partial charge >= 0.3 is 0 Å². The molecule has 0 radical (unpaired) electrons. The van der Waals surface area contributed by atoms with Gasteiger partial charge in [0.15, 0.2) is 5.82 Å². The number of hydrogen-bond donors (Lipinski definition) is 0. The van der Waals surface area contributed by atoms with Crippen LogP contribution in [0.1, 0.15) is 0 Å². The number of fused-ring (bicyclic) bond motifs is 4. The third-order valence-electron chi connectivity index (χ3n) is 6.45. The molecule has 4 aromatic carbocycles. The second-order valence-electron chi connectivity index (χ2n) is 8.43. The maximum Gasteiger partial charge on any atom is 0.156 e. The molecule has 3 aromatic heterocycles. The molecule has 0 spiro atoms. The van der Waals surface area contributed by atoms with E-state index in [9.17, 15) is 0 Å². The number of para-hydroxylation sites is 2. The molecule has 0 N–H and O–H groups in total. The van der Waals surface area contributed by atoms with Crippen molar-refractivity contribution < 1.29 is 0 Å². The SMILES string of the molecule is c1ccc(-c2cnc(-n3c4ccccc4c4cc5ccn(-c6ccccc6)c5cc43)cn2)cc1. The molecule has 0 saturated heterocycles. The molecule has 0 atom stereocenters. The predicted octanol–water partition coefficient (Wildman–Crippen LogP) is 7.18. The minimum absolute atomic E-state index is 0.808. The predicted molar refractivity (Wildman–Crippen MR) is 139 cm³/mol. The number of nitrogens with zero attached hydrogens (tertiary/aromatic N) is 4. The van der Waals surface area contributed by atoms with E-state index in [0.29, 0.717) is 0 Å². The quantitative estimate of drug-likeness (QED) is 0.294. The van der Waals surface area contributed by atoms with Crippen LogP contribution in [0.25, 0.3) is 55.5 Å². The van der Waals surface area contributed by atoms with Gasteiger partial charge in [0.25, 0.3) is 0 Å². The molecular formula is C30H20N4. The van der Waals surface area contributed by atoms with Crippen LogP contribution in [0.4, 0.5) is 0 Å². The molecule has 0 fully saturated rings. The fourth-order valence-electron chi connectivity index (χ4n) is 4.85. The Labute approximate surface area is 196 Å². The molecule has 34 heavy (non-hydrogen) atoms. The van der Waals surface area contributed by atoms with Gasteiger partial charge in [-0.15, -0.1) is 0 Å². The van der Waals surface area contributed by atoms with Crippen LogP contribution in [0, 0.1) is 0 Å². The smallest absolute Gasteiger partial charge is 0.156 e. The number of aromatic nitrogens is 4. The third kappa shape index (κ3) is 2.86. The van der Waals surface area contributed by atoms with Crippen molar-refractivity contribution in [2.75, 3.05) is 0 Å². The molecular weight excluding hydrogens is 416 g/mol. The van der Waals surface area contributed by atoms with Crippen molar-refractivity contribution in [1.82, 2.24) is 19.1 Å². The standard InChI is InChI=1S/C30H20N4/c1-3-9-21(10-4-1)26-19-32-30(20-31-26)34-27-14-8-7-13-24(27)25-17-22-15-16-33(28(22)18-29(25)34)23-11-5-2-6-12-23/h1-20H. The Kier molecular flexibility index (Phi) is 4.11. The summed E-state index contributed by atoms with van der Waals surface area (Å²) in [7, 11) is 0. The highest BCUT2D eigenvalue weighted by Gasteiger charge is 2.16. The van der Waals surface area contributed by atoms with Gasteiger partial charge in [0, 0.05) is 33.6 Å². The molecule has 3 heterocycles. The molecule has 7 rings (SSSR count). The summed E-state index contributed by atoms with van der Waals surface area (Å²) in [5.74, 6) is 0.808. The Balaban J connectivity index is 1.48. The maximum atomic E-state index is 4.84. The van der Waals surface area contributed by atoms with E-state index in [-0.39, 0.29) is 0 Å². The van der Waals surface area contributed by atoms with Gasteiger partial charge in [-0.2, -0.15) is 0 Å². The molecule has 0 bridgehead atoms. The van der Waals surface area contributed by atoms with Crippen LogP contribution in [0.3, 0.4) is 0 Å². The Morgan fingerprint density at radius 2 is 1.32 bits per heavy atom. The van der Waals surface area contributed by atoms with Crippen molar-refractivity contribution in [2.45, 2.75) is 0 Å². The molecule has 160 valence electrons. The minimum atomic E-state index is 0.808. The monoisotopic (exact) mass is 436 g/mol. The zero-order chi connectivity index (χ0) is 22.5. The summed E-state index contributed by atoms with van der Waals surface area (Å²) < 4.78 is 4.45. The fourth-order valence-corrected chi connectivity index (χ4v) is 4.85. The van der Waals surface area contributed by atoms with Gasteiger partial charge in [0.05, 0.1) is 34.6 Å². The Hall–Kier alpha value is -4.70. The van der Waals surface area contributed by atoms with Crippen LogP contribution in [0.15, 0.2) is 122 Å². The highest BCUT2D eigenvalue weighted by Crippen LogP contribution is 2.35. The number of hydrogen-bond acceptors (Lipinski definition) is 2. The molecule has 0 aliphatic rings. The first-order valence-electron chi connectivity index (χ1n) is 11.3. The summed E-state index contributed by atoms with van der Waals surface area (Å²) in [5, 5.41) is 3.63. The van der Waals surface area contributed by atoms with Gasteiger partial charge in [0.1, 0.15) is 0 Å². The zero-order valence-electron chi connectivity index (χ0n) is 18.3. The maximum absolute atomic E-state index is 4.84. The van der Waals surface area contributed by atoms with Crippen LogP contribution in [0.5, 0.6) is 0 Å². The lowest BCUT2D eigenvalue weighted by atomic mass is 10.1. The lowest BCUT2D eigenvalue weighted by molar-refractivity contribution is 1.04. The highest BCUT2D eigenvalue weighted by molar-refractivity contribution is 6.13. The number of rotatable bonds is 3. The van der Waals surface area contributed by atoms with Gasteiger partial charge in [-0.25, -0.2) is 4.98 Å². The molecule has 0 unspecified atom stereocenters. The van der Waals surface area contributed by atoms with Crippen molar-refractivity contribution in [3.8, 4) is 22.8 Å². The molecule has 7 aromatic rings. The molecule has 0 amide bonds. The summed E-state index contributed by atoms with van der Waals surface area (Å²) in [6.45, 7) is 0. The van der Waals surface area contributed by atoms with E-state index in [1.165, 1.54) is 16.2 Å². The number of benzene rings is 4. The average Bonchev–Trinajstić information content (AvgIpc) is 3.47. The van der Waals surface area contributed by atoms with Gasteiger partial charge < -0.3 is 4.57 Å². The van der Waals surface area contributed by atoms with Gasteiger partial charge in [0.2, 0.25) is 0 Å². The van der Waals surface area contributed by atoms with E-state index in [0.717, 1.165) is 39.3 Å². The molecule has 0 aliphatic carbocycles. The normalized spacial score (nSPS) is 11.5. The van der Waals surface area contributed by atoms with Crippen molar-refractivity contribution in [2.24, 2.45) is 0 Å². The molecule has 0 aliphatic heterocycles. The van der Waals surface area contributed by atoms with Crippen LogP contribution < -0.4 is 0 Å². The summed E-state index contributed by atoms with van der Waals surface area (Å²) in [4.78, 5) is 9.59. The van der Waals surface area contributed by atoms with Gasteiger partial charge in [-0.3, -0.25) is 9.55 Å². The van der Waals surface area contributed by atoms with Crippen LogP contribution in [-0.4, -0.2) is 19.1 Å². The topological polar surface area (TPSA) is 35.6 Å². The first-order chi connectivity index (χ1) is 16.9. The first kappa shape index (κ1) is 18.8. The lowest BCUT2D eigenvalue weighted by Crippen LogP contribution is -1.99. The molecule has 4 nitrogen and oxygen atoms in total. The largest absolute Gasteiger partial charge is 0.316 e. The van der Waals surface area contributed by atoms with Crippen molar-refractivity contribution in [3.63, 3.8) is 0 Å². The minimum Gasteiger partial charge on any atom is -0.316 e. The van der Waals surface area contributed by atoms with Crippen molar-refractivity contribution >= 4 is 32.7 Å². The first-order valence-corrected chi connectivity index (χ1v) is 11.3. The van der Waals surface area contributed by atoms with Crippen LogP contribution >= 0.6 is 0 Å². The van der Waals surface area contributed by atoms with E-state index >= 15 is 0 Å². The Bertz CT molecular complexity index is 1780. The fraction of sp³-hybridized carbons (Fsp3) is 0. The summed E-state index contributed by atoms with van der Waals surface area (Å²) in [5.41, 5.74) is 6.48. The second kappa shape index (κ2) is 7.42. The van der Waals surface area contributed by atoms with E-state index in [1.807, 2.05) is 36.7 Å². The highest BCUT2D eigenvalue weighted by atomic mass is 15.1. The molecule has 0 saturated carbocycles. The van der Waals surface area contributed by atoms with Gasteiger partial charge in [-0.1, -0.05) is 66.7 Å².